The van der Waals surface area contributed by atoms with Crippen LogP contribution in [-0.2, 0) is 0 Å². The number of nitrogens with zero attached hydrogens (tertiary/aromatic N) is 3. The van der Waals surface area contributed by atoms with Crippen molar-refractivity contribution in [3.8, 4) is 5.75 Å². The van der Waals surface area contributed by atoms with Crippen LogP contribution in [0, 0.1) is 11.7 Å². The van der Waals surface area contributed by atoms with Gasteiger partial charge >= 0.3 is 0 Å². The summed E-state index contributed by atoms with van der Waals surface area (Å²) in [7, 11) is 1.69. The van der Waals surface area contributed by atoms with Crippen molar-refractivity contribution in [2.24, 2.45) is 5.92 Å². The van der Waals surface area contributed by atoms with Gasteiger partial charge in [-0.05, 0) is 47.2 Å². The third kappa shape index (κ3) is 4.95. The molecule has 1 aromatic heterocycles. The average Bonchev–Trinajstić information content (AvgIpc) is 3.55. The van der Waals surface area contributed by atoms with Gasteiger partial charge in [-0.25, -0.2) is 4.39 Å². The Hall–Kier alpha value is -2.90. The van der Waals surface area contributed by atoms with E-state index in [2.05, 4.69) is 21.9 Å². The van der Waals surface area contributed by atoms with Crippen molar-refractivity contribution >= 4 is 22.9 Å². The molecule has 0 saturated carbocycles. The van der Waals surface area contributed by atoms with Crippen molar-refractivity contribution in [1.82, 2.24) is 9.80 Å². The number of benzene rings is 2. The molecule has 2 saturated heterocycles. The largest absolute Gasteiger partial charge is 0.497 e. The second kappa shape index (κ2) is 10.2. The Balaban J connectivity index is 1.27. The number of piperazine rings is 1. The normalized spacial score (nSPS) is 21.1. The van der Waals surface area contributed by atoms with E-state index >= 15 is 0 Å². The predicted octanol–water partition coefficient (Wildman–Crippen LogP) is 4.57. The molecule has 5 rings (SSSR count). The number of thiophene rings is 1. The van der Waals surface area contributed by atoms with E-state index in [9.17, 15) is 9.18 Å². The molecule has 2 atom stereocenters. The Morgan fingerprint density at radius 3 is 2.59 bits per heavy atom. The highest BCUT2D eigenvalue weighted by molar-refractivity contribution is 7.12. The number of hydrogen-bond donors (Lipinski definition) is 0. The quantitative estimate of drug-likeness (QED) is 0.519. The fraction of sp³-hybridized carbons (Fsp3) is 0.370. The third-order valence-corrected chi connectivity index (χ3v) is 7.88. The van der Waals surface area contributed by atoms with E-state index in [4.69, 9.17) is 4.74 Å². The zero-order valence-electron chi connectivity index (χ0n) is 19.4. The SMILES string of the molecule is COc1cccc(N2CCN(CC3CN(C(=O)c4cccs4)CC3c3cccc(F)c3)CC2)c1. The first-order valence-electron chi connectivity index (χ1n) is 11.8. The molecule has 34 heavy (non-hydrogen) atoms. The molecular formula is C27H30FN3O2S. The minimum Gasteiger partial charge on any atom is -0.497 e. The van der Waals surface area contributed by atoms with Gasteiger partial charge in [0.15, 0.2) is 0 Å². The first-order valence-corrected chi connectivity index (χ1v) is 12.7. The summed E-state index contributed by atoms with van der Waals surface area (Å²) in [5.74, 6) is 1.15. The molecule has 2 aromatic carbocycles. The van der Waals surface area contributed by atoms with Crippen LogP contribution in [0.3, 0.4) is 0 Å². The number of carbonyl (C=O) groups excluding carboxylic acids is 1. The van der Waals surface area contributed by atoms with Gasteiger partial charge in [-0.3, -0.25) is 9.69 Å². The summed E-state index contributed by atoms with van der Waals surface area (Å²) in [6.07, 6.45) is 0. The fourth-order valence-corrected chi connectivity index (χ4v) is 5.91. The van der Waals surface area contributed by atoms with Crippen molar-refractivity contribution in [2.75, 3.05) is 57.8 Å². The van der Waals surface area contributed by atoms with Gasteiger partial charge in [-0.1, -0.05) is 24.3 Å². The van der Waals surface area contributed by atoms with Crippen molar-refractivity contribution in [3.05, 3.63) is 82.3 Å². The number of amides is 1. The number of halogens is 1. The summed E-state index contributed by atoms with van der Waals surface area (Å²) in [6.45, 7) is 6.06. The fourth-order valence-electron chi connectivity index (χ4n) is 5.22. The van der Waals surface area contributed by atoms with E-state index < -0.39 is 0 Å². The van der Waals surface area contributed by atoms with Crippen LogP contribution in [0.5, 0.6) is 5.75 Å². The van der Waals surface area contributed by atoms with Gasteiger partial charge in [0.2, 0.25) is 0 Å². The van der Waals surface area contributed by atoms with Gasteiger partial charge in [0.1, 0.15) is 11.6 Å². The zero-order chi connectivity index (χ0) is 23.5. The monoisotopic (exact) mass is 479 g/mol. The van der Waals surface area contributed by atoms with Crippen LogP contribution in [0.25, 0.3) is 0 Å². The maximum absolute atomic E-state index is 14.0. The molecule has 178 valence electrons. The van der Waals surface area contributed by atoms with Gasteiger partial charge in [0, 0.05) is 63.5 Å². The Bertz CT molecular complexity index is 1110. The minimum atomic E-state index is -0.216. The van der Waals surface area contributed by atoms with Crippen molar-refractivity contribution < 1.29 is 13.9 Å². The second-order valence-electron chi connectivity index (χ2n) is 9.10. The second-order valence-corrected chi connectivity index (χ2v) is 10.0. The molecular weight excluding hydrogens is 449 g/mol. The number of anilines is 1. The lowest BCUT2D eigenvalue weighted by atomic mass is 9.88. The number of rotatable bonds is 6. The number of carbonyl (C=O) groups is 1. The van der Waals surface area contributed by atoms with E-state index in [1.165, 1.54) is 23.1 Å². The molecule has 2 aliphatic rings. The molecule has 0 aliphatic carbocycles. The molecule has 1 amide bonds. The Labute approximate surface area is 204 Å². The highest BCUT2D eigenvalue weighted by Gasteiger charge is 2.38. The number of ether oxygens (including phenoxy) is 1. The molecule has 0 N–H and O–H groups in total. The van der Waals surface area contributed by atoms with Crippen LogP contribution in [0.2, 0.25) is 0 Å². The molecule has 3 aromatic rings. The standard InChI is InChI=1S/C27H30FN3O2S/c1-33-24-8-3-7-23(16-24)30-12-10-29(11-13-30)17-21-18-31(27(32)26-9-4-14-34-26)19-25(21)20-5-2-6-22(28)15-20/h2-9,14-16,21,25H,10-13,17-19H2,1H3. The van der Waals surface area contributed by atoms with Crippen LogP contribution in [-0.4, -0.2) is 68.6 Å². The molecule has 5 nitrogen and oxygen atoms in total. The topological polar surface area (TPSA) is 36.0 Å². The number of methoxy groups -OCH3 is 1. The predicted molar refractivity (Wildman–Crippen MR) is 135 cm³/mol. The van der Waals surface area contributed by atoms with Gasteiger partial charge in [-0.15, -0.1) is 11.3 Å². The first kappa shape index (κ1) is 22.9. The smallest absolute Gasteiger partial charge is 0.263 e. The van der Waals surface area contributed by atoms with Gasteiger partial charge < -0.3 is 14.5 Å². The first-order chi connectivity index (χ1) is 16.6. The van der Waals surface area contributed by atoms with Gasteiger partial charge in [0.05, 0.1) is 12.0 Å². The number of hydrogen-bond acceptors (Lipinski definition) is 5. The Morgan fingerprint density at radius 2 is 1.85 bits per heavy atom. The van der Waals surface area contributed by atoms with E-state index in [0.29, 0.717) is 13.1 Å². The minimum absolute atomic E-state index is 0.0850. The lowest BCUT2D eigenvalue weighted by Crippen LogP contribution is -2.48. The molecule has 3 heterocycles. The van der Waals surface area contributed by atoms with Crippen molar-refractivity contribution in [1.29, 1.82) is 0 Å². The van der Waals surface area contributed by atoms with Crippen LogP contribution >= 0.6 is 11.3 Å². The highest BCUT2D eigenvalue weighted by atomic mass is 32.1. The van der Waals surface area contributed by atoms with E-state index in [0.717, 1.165) is 48.9 Å². The number of likely N-dealkylation sites (tertiary alicyclic amines) is 1. The van der Waals surface area contributed by atoms with Crippen LogP contribution in [0.15, 0.2) is 66.0 Å². The Kier molecular flexibility index (Phi) is 6.83. The highest BCUT2D eigenvalue weighted by Crippen LogP contribution is 2.35. The van der Waals surface area contributed by atoms with E-state index in [-0.39, 0.29) is 23.6 Å². The lowest BCUT2D eigenvalue weighted by Gasteiger charge is -2.38. The summed E-state index contributed by atoms with van der Waals surface area (Å²) < 4.78 is 19.4. The van der Waals surface area contributed by atoms with Gasteiger partial charge in [-0.2, -0.15) is 0 Å². The van der Waals surface area contributed by atoms with Crippen LogP contribution in [0.4, 0.5) is 10.1 Å². The zero-order valence-corrected chi connectivity index (χ0v) is 20.2. The van der Waals surface area contributed by atoms with Crippen molar-refractivity contribution in [3.63, 3.8) is 0 Å². The summed E-state index contributed by atoms with van der Waals surface area (Å²) in [4.78, 5) is 20.7. The summed E-state index contributed by atoms with van der Waals surface area (Å²) in [5.41, 5.74) is 2.17. The van der Waals surface area contributed by atoms with Gasteiger partial charge in [0.25, 0.3) is 5.91 Å². The molecule has 0 radical (unpaired) electrons. The summed E-state index contributed by atoms with van der Waals surface area (Å²) in [6, 6.07) is 18.9. The molecule has 2 unspecified atom stereocenters. The van der Waals surface area contributed by atoms with Crippen LogP contribution in [0.1, 0.15) is 21.2 Å². The van der Waals surface area contributed by atoms with Crippen molar-refractivity contribution in [2.45, 2.75) is 5.92 Å². The maximum atomic E-state index is 14.0. The molecule has 2 fully saturated rings. The summed E-state index contributed by atoms with van der Waals surface area (Å²) in [5, 5.41) is 1.94. The summed E-state index contributed by atoms with van der Waals surface area (Å²) >= 11 is 1.48. The van der Waals surface area contributed by atoms with Crippen LogP contribution < -0.4 is 9.64 Å². The van der Waals surface area contributed by atoms with E-state index in [1.807, 2.05) is 40.6 Å². The lowest BCUT2D eigenvalue weighted by molar-refractivity contribution is 0.0787. The third-order valence-electron chi connectivity index (χ3n) is 7.02. The molecule has 2 aliphatic heterocycles. The molecule has 7 heteroatoms. The average molecular weight is 480 g/mol. The maximum Gasteiger partial charge on any atom is 0.263 e. The molecule has 0 bridgehead atoms. The Morgan fingerprint density at radius 1 is 1.03 bits per heavy atom. The molecule has 0 spiro atoms. The van der Waals surface area contributed by atoms with E-state index in [1.54, 1.807) is 19.2 Å².